The Labute approximate surface area is 143 Å². The van der Waals surface area contributed by atoms with E-state index in [0.29, 0.717) is 16.5 Å². The van der Waals surface area contributed by atoms with Gasteiger partial charge < -0.3 is 15.0 Å². The monoisotopic (exact) mass is 340 g/mol. The normalized spacial score (nSPS) is 10.9. The molecule has 3 rings (SSSR count). The highest BCUT2D eigenvalue weighted by Crippen LogP contribution is 2.27. The molecule has 0 bridgehead atoms. The number of rotatable bonds is 4. The van der Waals surface area contributed by atoms with Crippen LogP contribution in [-0.2, 0) is 0 Å². The Morgan fingerprint density at radius 1 is 1.16 bits per heavy atom. The van der Waals surface area contributed by atoms with Gasteiger partial charge in [0.1, 0.15) is 17.3 Å². The molecule has 1 amide bonds. The van der Waals surface area contributed by atoms with Crippen LogP contribution in [0.15, 0.2) is 53.3 Å². The highest BCUT2D eigenvalue weighted by atomic mass is 19.1. The first-order chi connectivity index (χ1) is 11.9. The average molecular weight is 340 g/mol. The van der Waals surface area contributed by atoms with E-state index in [1.807, 2.05) is 13.8 Å². The Morgan fingerprint density at radius 3 is 2.68 bits per heavy atom. The predicted molar refractivity (Wildman–Crippen MR) is 94.7 cm³/mol. The zero-order chi connectivity index (χ0) is 18.0. The average Bonchev–Trinajstić information content (AvgIpc) is 2.57. The maximum absolute atomic E-state index is 13.5. The van der Waals surface area contributed by atoms with Gasteiger partial charge in [0, 0.05) is 11.5 Å². The number of pyridine rings is 1. The molecule has 1 heterocycles. The topological polar surface area (TPSA) is 71.2 Å². The molecule has 0 fully saturated rings. The second-order valence-electron chi connectivity index (χ2n) is 5.86. The van der Waals surface area contributed by atoms with Crippen LogP contribution in [-0.4, -0.2) is 17.0 Å². The van der Waals surface area contributed by atoms with Crippen LogP contribution in [0.3, 0.4) is 0 Å². The molecule has 0 radical (unpaired) electrons. The molecular formula is C19H17FN2O3. The van der Waals surface area contributed by atoms with E-state index in [2.05, 4.69) is 10.3 Å². The molecule has 0 saturated carbocycles. The molecule has 1 aromatic heterocycles. The SMILES string of the molecule is CC(C)Oc1ccc(F)cc1NC(=O)c1cc2ccccc2c(=O)[nH]1. The van der Waals surface area contributed by atoms with Crippen LogP contribution in [0.1, 0.15) is 24.3 Å². The van der Waals surface area contributed by atoms with E-state index in [-0.39, 0.29) is 23.0 Å². The second-order valence-corrected chi connectivity index (χ2v) is 5.86. The zero-order valence-electron chi connectivity index (χ0n) is 13.8. The van der Waals surface area contributed by atoms with Crippen molar-refractivity contribution in [3.05, 3.63) is 70.4 Å². The van der Waals surface area contributed by atoms with Crippen LogP contribution >= 0.6 is 0 Å². The van der Waals surface area contributed by atoms with E-state index in [1.54, 1.807) is 30.3 Å². The minimum Gasteiger partial charge on any atom is -0.489 e. The van der Waals surface area contributed by atoms with E-state index < -0.39 is 11.7 Å². The van der Waals surface area contributed by atoms with Gasteiger partial charge in [0.05, 0.1) is 11.8 Å². The summed E-state index contributed by atoms with van der Waals surface area (Å²) in [5.74, 6) is -0.701. The van der Waals surface area contributed by atoms with Gasteiger partial charge in [0.2, 0.25) is 0 Å². The number of carbonyl (C=O) groups excluding carboxylic acids is 1. The number of aromatic amines is 1. The van der Waals surface area contributed by atoms with Crippen LogP contribution in [0.2, 0.25) is 0 Å². The molecule has 6 heteroatoms. The maximum atomic E-state index is 13.5. The van der Waals surface area contributed by atoms with E-state index in [1.165, 1.54) is 18.2 Å². The number of hydrogen-bond donors (Lipinski definition) is 2. The zero-order valence-corrected chi connectivity index (χ0v) is 13.8. The first-order valence-corrected chi connectivity index (χ1v) is 7.83. The van der Waals surface area contributed by atoms with Crippen LogP contribution < -0.4 is 15.6 Å². The quantitative estimate of drug-likeness (QED) is 0.760. The van der Waals surface area contributed by atoms with Gasteiger partial charge in [-0.2, -0.15) is 0 Å². The van der Waals surface area contributed by atoms with Gasteiger partial charge in [-0.15, -0.1) is 0 Å². The Balaban J connectivity index is 1.95. The first-order valence-electron chi connectivity index (χ1n) is 7.83. The Bertz CT molecular complexity index is 995. The highest BCUT2D eigenvalue weighted by Gasteiger charge is 2.14. The van der Waals surface area contributed by atoms with Gasteiger partial charge in [-0.3, -0.25) is 9.59 Å². The second kappa shape index (κ2) is 6.76. The number of nitrogens with one attached hydrogen (secondary N) is 2. The summed E-state index contributed by atoms with van der Waals surface area (Å²) >= 11 is 0. The number of halogens is 1. The summed E-state index contributed by atoms with van der Waals surface area (Å²) in [6, 6.07) is 12.4. The van der Waals surface area contributed by atoms with Crippen LogP contribution in [0.4, 0.5) is 10.1 Å². The lowest BCUT2D eigenvalue weighted by atomic mass is 10.1. The van der Waals surface area contributed by atoms with E-state index in [0.717, 1.165) is 0 Å². The molecule has 0 aliphatic heterocycles. The van der Waals surface area contributed by atoms with Crippen molar-refractivity contribution in [2.45, 2.75) is 20.0 Å². The number of amides is 1. The van der Waals surface area contributed by atoms with Crippen molar-refractivity contribution in [1.82, 2.24) is 4.98 Å². The van der Waals surface area contributed by atoms with Gasteiger partial charge in [0.25, 0.3) is 11.5 Å². The van der Waals surface area contributed by atoms with Gasteiger partial charge in [0.15, 0.2) is 0 Å². The van der Waals surface area contributed by atoms with Gasteiger partial charge >= 0.3 is 0 Å². The van der Waals surface area contributed by atoms with Crippen molar-refractivity contribution in [1.29, 1.82) is 0 Å². The molecule has 25 heavy (non-hydrogen) atoms. The fourth-order valence-corrected chi connectivity index (χ4v) is 2.48. The number of fused-ring (bicyclic) bond motifs is 1. The molecule has 0 saturated heterocycles. The Kier molecular flexibility index (Phi) is 4.52. The molecular weight excluding hydrogens is 323 g/mol. The lowest BCUT2D eigenvalue weighted by Gasteiger charge is -2.15. The minimum atomic E-state index is -0.554. The standard InChI is InChI=1S/C19H17FN2O3/c1-11(2)25-17-8-7-13(20)10-15(17)21-19(24)16-9-12-5-3-4-6-14(12)18(23)22-16/h3-11H,1-2H3,(H,21,24)(H,22,23). The number of ether oxygens (including phenoxy) is 1. The van der Waals surface area contributed by atoms with E-state index >= 15 is 0 Å². The smallest absolute Gasteiger partial charge is 0.272 e. The third kappa shape index (κ3) is 3.68. The Hall–Kier alpha value is -3.15. The lowest BCUT2D eigenvalue weighted by Crippen LogP contribution is -2.19. The number of anilines is 1. The van der Waals surface area contributed by atoms with Gasteiger partial charge in [-0.05, 0) is 43.5 Å². The number of benzene rings is 2. The maximum Gasteiger partial charge on any atom is 0.272 e. The summed E-state index contributed by atoms with van der Waals surface area (Å²) in [6.45, 7) is 3.66. The van der Waals surface area contributed by atoms with Crippen LogP contribution in [0, 0.1) is 5.82 Å². The number of aromatic nitrogens is 1. The summed E-state index contributed by atoms with van der Waals surface area (Å²) in [5, 5.41) is 3.73. The first kappa shape index (κ1) is 16.7. The molecule has 0 spiro atoms. The van der Waals surface area contributed by atoms with Crippen molar-refractivity contribution < 1.29 is 13.9 Å². The Morgan fingerprint density at radius 2 is 1.92 bits per heavy atom. The molecule has 0 aliphatic rings. The summed E-state index contributed by atoms with van der Waals surface area (Å²) < 4.78 is 19.1. The van der Waals surface area contributed by atoms with E-state index in [4.69, 9.17) is 4.74 Å². The van der Waals surface area contributed by atoms with Crippen molar-refractivity contribution in [2.75, 3.05) is 5.32 Å². The summed E-state index contributed by atoms with van der Waals surface area (Å²) in [7, 11) is 0. The van der Waals surface area contributed by atoms with E-state index in [9.17, 15) is 14.0 Å². The van der Waals surface area contributed by atoms with Crippen LogP contribution in [0.5, 0.6) is 5.75 Å². The molecule has 2 aromatic carbocycles. The fraction of sp³-hybridized carbons (Fsp3) is 0.158. The third-order valence-corrected chi connectivity index (χ3v) is 3.55. The molecule has 3 aromatic rings. The van der Waals surface area contributed by atoms with Crippen LogP contribution in [0.25, 0.3) is 10.8 Å². The molecule has 128 valence electrons. The molecule has 0 atom stereocenters. The number of H-pyrrole nitrogens is 1. The largest absolute Gasteiger partial charge is 0.489 e. The summed E-state index contributed by atoms with van der Waals surface area (Å²) in [5.41, 5.74) is -0.0719. The highest BCUT2D eigenvalue weighted by molar-refractivity contribution is 6.05. The third-order valence-electron chi connectivity index (χ3n) is 3.55. The lowest BCUT2D eigenvalue weighted by molar-refractivity contribution is 0.102. The van der Waals surface area contributed by atoms with Crippen molar-refractivity contribution in [3.8, 4) is 5.75 Å². The van der Waals surface area contributed by atoms with Crippen molar-refractivity contribution >= 4 is 22.4 Å². The van der Waals surface area contributed by atoms with Crippen molar-refractivity contribution in [3.63, 3.8) is 0 Å². The summed E-state index contributed by atoms with van der Waals surface area (Å²) in [4.78, 5) is 27.1. The molecule has 0 aliphatic carbocycles. The minimum absolute atomic E-state index is 0.0865. The molecule has 2 N–H and O–H groups in total. The number of hydrogen-bond acceptors (Lipinski definition) is 3. The summed E-state index contributed by atoms with van der Waals surface area (Å²) in [6.07, 6.45) is -0.137. The molecule has 5 nitrogen and oxygen atoms in total. The van der Waals surface area contributed by atoms with Gasteiger partial charge in [-0.1, -0.05) is 18.2 Å². The van der Waals surface area contributed by atoms with Crippen molar-refractivity contribution in [2.24, 2.45) is 0 Å². The molecule has 0 unspecified atom stereocenters. The fourth-order valence-electron chi connectivity index (χ4n) is 2.48. The number of carbonyl (C=O) groups is 1. The predicted octanol–water partition coefficient (Wildman–Crippen LogP) is 3.71. The van der Waals surface area contributed by atoms with Gasteiger partial charge in [-0.25, -0.2) is 4.39 Å².